The van der Waals surface area contributed by atoms with Gasteiger partial charge in [0.05, 0.1) is 0 Å². The predicted octanol–water partition coefficient (Wildman–Crippen LogP) is 1.41. The Bertz CT molecular complexity index is 302. The summed E-state index contributed by atoms with van der Waals surface area (Å²) < 4.78 is 5.06. The van der Waals surface area contributed by atoms with E-state index in [0.29, 0.717) is 5.92 Å². The summed E-state index contributed by atoms with van der Waals surface area (Å²) >= 11 is 0. The van der Waals surface area contributed by atoms with Crippen LogP contribution in [0.3, 0.4) is 0 Å². The minimum Gasteiger partial charge on any atom is -0.444 e. The third-order valence-electron chi connectivity index (χ3n) is 3.32. The van der Waals surface area contributed by atoms with Crippen LogP contribution < -0.4 is 11.1 Å². The van der Waals surface area contributed by atoms with Crippen molar-refractivity contribution in [2.24, 2.45) is 17.6 Å². The molecule has 2 amide bonds. The zero-order valence-corrected chi connectivity index (χ0v) is 10.8. The molecule has 0 aromatic heterocycles. The number of hydrogen-bond acceptors (Lipinski definition) is 3. The van der Waals surface area contributed by atoms with Crippen LogP contribution in [-0.4, -0.2) is 24.6 Å². The molecule has 2 atom stereocenters. The zero-order valence-electron chi connectivity index (χ0n) is 10.8. The maximum absolute atomic E-state index is 11.5. The van der Waals surface area contributed by atoms with Crippen LogP contribution in [0.2, 0.25) is 0 Å². The summed E-state index contributed by atoms with van der Waals surface area (Å²) in [5, 5.41) is 2.68. The first-order valence-corrected chi connectivity index (χ1v) is 6.04. The van der Waals surface area contributed by atoms with Crippen LogP contribution >= 0.6 is 0 Å². The summed E-state index contributed by atoms with van der Waals surface area (Å²) in [5.41, 5.74) is 4.48. The van der Waals surface area contributed by atoms with Gasteiger partial charge in [-0.15, -0.1) is 0 Å². The predicted molar refractivity (Wildman–Crippen MR) is 64.3 cm³/mol. The molecule has 1 aliphatic rings. The van der Waals surface area contributed by atoms with Crippen molar-refractivity contribution in [3.63, 3.8) is 0 Å². The molecule has 5 heteroatoms. The fourth-order valence-corrected chi connectivity index (χ4v) is 2.71. The number of amides is 2. The Morgan fingerprint density at radius 1 is 1.41 bits per heavy atom. The molecule has 1 aliphatic carbocycles. The first kappa shape index (κ1) is 13.8. The number of carbonyl (C=O) groups excluding carboxylic acids is 2. The van der Waals surface area contributed by atoms with Gasteiger partial charge in [0.25, 0.3) is 0 Å². The van der Waals surface area contributed by atoms with Gasteiger partial charge in [-0.2, -0.15) is 0 Å². The highest BCUT2D eigenvalue weighted by atomic mass is 16.6. The summed E-state index contributed by atoms with van der Waals surface area (Å²) in [7, 11) is 1.66. The maximum Gasteiger partial charge on any atom is 0.405 e. The highest BCUT2D eigenvalue weighted by molar-refractivity contribution is 5.78. The number of hydrogen-bond donors (Lipinski definition) is 2. The normalized spacial score (nSPS) is 24.4. The lowest BCUT2D eigenvalue weighted by atomic mass is 9.91. The summed E-state index contributed by atoms with van der Waals surface area (Å²) in [6, 6.07) is 0. The first-order valence-electron chi connectivity index (χ1n) is 6.04. The number of carbonyl (C=O) groups is 2. The van der Waals surface area contributed by atoms with E-state index in [-0.39, 0.29) is 11.8 Å². The first-order chi connectivity index (χ1) is 7.84. The molecule has 1 rings (SSSR count). The van der Waals surface area contributed by atoms with Crippen molar-refractivity contribution in [2.75, 3.05) is 7.05 Å². The summed E-state index contributed by atoms with van der Waals surface area (Å²) in [4.78, 5) is 22.2. The smallest absolute Gasteiger partial charge is 0.405 e. The molecule has 5 nitrogen and oxygen atoms in total. The van der Waals surface area contributed by atoms with Crippen molar-refractivity contribution in [2.45, 2.75) is 45.1 Å². The fraction of sp³-hybridized carbons (Fsp3) is 0.833. The van der Waals surface area contributed by atoms with Crippen LogP contribution in [0.15, 0.2) is 0 Å². The monoisotopic (exact) mass is 242 g/mol. The topological polar surface area (TPSA) is 81.4 Å². The van der Waals surface area contributed by atoms with Crippen LogP contribution in [0.25, 0.3) is 0 Å². The molecule has 0 aromatic carbocycles. The Morgan fingerprint density at radius 3 is 2.59 bits per heavy atom. The van der Waals surface area contributed by atoms with Gasteiger partial charge in [-0.1, -0.05) is 0 Å². The molecule has 0 aromatic rings. The molecule has 2 unspecified atom stereocenters. The Morgan fingerprint density at radius 2 is 2.06 bits per heavy atom. The molecule has 0 saturated heterocycles. The van der Waals surface area contributed by atoms with Gasteiger partial charge in [0.15, 0.2) is 0 Å². The number of ether oxygens (including phenoxy) is 1. The van der Waals surface area contributed by atoms with Gasteiger partial charge in [-0.3, -0.25) is 4.79 Å². The van der Waals surface area contributed by atoms with Crippen LogP contribution in [0, 0.1) is 11.8 Å². The number of nitrogens with two attached hydrogens (primary N) is 1. The Labute approximate surface area is 102 Å². The van der Waals surface area contributed by atoms with E-state index in [4.69, 9.17) is 10.5 Å². The van der Waals surface area contributed by atoms with Gasteiger partial charge in [0.1, 0.15) is 5.60 Å². The standard InChI is InChI=1S/C12H22N2O3/c1-12(2,17-11(13)16)7-8-4-5-9(6-8)10(15)14-3/h8-9H,4-7H2,1-3H3,(H2,13,16)(H,14,15). The SMILES string of the molecule is CNC(=O)C1CCC(CC(C)(C)OC(N)=O)C1. The van der Waals surface area contributed by atoms with Gasteiger partial charge in [0, 0.05) is 13.0 Å². The van der Waals surface area contributed by atoms with E-state index < -0.39 is 11.7 Å². The Balaban J connectivity index is 2.44. The molecular weight excluding hydrogens is 220 g/mol. The van der Waals surface area contributed by atoms with Crippen molar-refractivity contribution in [1.82, 2.24) is 5.32 Å². The fourth-order valence-electron chi connectivity index (χ4n) is 2.71. The summed E-state index contributed by atoms with van der Waals surface area (Å²) in [6.07, 6.45) is 2.80. The van der Waals surface area contributed by atoms with Crippen molar-refractivity contribution in [1.29, 1.82) is 0 Å². The Hall–Kier alpha value is -1.26. The van der Waals surface area contributed by atoms with Crippen molar-refractivity contribution in [3.05, 3.63) is 0 Å². The maximum atomic E-state index is 11.5. The molecule has 17 heavy (non-hydrogen) atoms. The molecule has 0 bridgehead atoms. The van der Waals surface area contributed by atoms with E-state index in [0.717, 1.165) is 25.7 Å². The van der Waals surface area contributed by atoms with Crippen LogP contribution in [0.4, 0.5) is 4.79 Å². The minimum absolute atomic E-state index is 0.106. The van der Waals surface area contributed by atoms with Crippen molar-refractivity contribution < 1.29 is 14.3 Å². The lowest BCUT2D eigenvalue weighted by Gasteiger charge is -2.27. The minimum atomic E-state index is -0.740. The van der Waals surface area contributed by atoms with Crippen molar-refractivity contribution >= 4 is 12.0 Å². The van der Waals surface area contributed by atoms with Crippen LogP contribution in [0.5, 0.6) is 0 Å². The molecule has 0 heterocycles. The third kappa shape index (κ3) is 4.24. The average molecular weight is 242 g/mol. The molecule has 0 aliphatic heterocycles. The Kier molecular flexibility index (Phi) is 4.37. The molecule has 0 radical (unpaired) electrons. The van der Waals surface area contributed by atoms with Gasteiger partial charge < -0.3 is 15.8 Å². The van der Waals surface area contributed by atoms with Crippen molar-refractivity contribution in [3.8, 4) is 0 Å². The van der Waals surface area contributed by atoms with E-state index in [2.05, 4.69) is 5.32 Å². The second-order valence-electron chi connectivity index (χ2n) is 5.38. The number of nitrogens with one attached hydrogen (secondary N) is 1. The average Bonchev–Trinajstić information content (AvgIpc) is 2.61. The van der Waals surface area contributed by atoms with E-state index in [1.807, 2.05) is 13.8 Å². The van der Waals surface area contributed by atoms with Gasteiger partial charge >= 0.3 is 6.09 Å². The van der Waals surface area contributed by atoms with Crippen LogP contribution in [-0.2, 0) is 9.53 Å². The number of rotatable bonds is 4. The highest BCUT2D eigenvalue weighted by Gasteiger charge is 2.34. The molecule has 1 saturated carbocycles. The van der Waals surface area contributed by atoms with Gasteiger partial charge in [-0.25, -0.2) is 4.79 Å². The highest BCUT2D eigenvalue weighted by Crippen LogP contribution is 2.36. The van der Waals surface area contributed by atoms with E-state index in [1.54, 1.807) is 7.05 Å². The third-order valence-corrected chi connectivity index (χ3v) is 3.32. The quantitative estimate of drug-likeness (QED) is 0.782. The van der Waals surface area contributed by atoms with Gasteiger partial charge in [0.2, 0.25) is 5.91 Å². The number of primary amides is 1. The zero-order chi connectivity index (χ0) is 13.1. The van der Waals surface area contributed by atoms with E-state index >= 15 is 0 Å². The lowest BCUT2D eigenvalue weighted by molar-refractivity contribution is -0.124. The van der Waals surface area contributed by atoms with E-state index in [1.165, 1.54) is 0 Å². The molecule has 3 N–H and O–H groups in total. The largest absolute Gasteiger partial charge is 0.444 e. The van der Waals surface area contributed by atoms with Crippen LogP contribution in [0.1, 0.15) is 39.5 Å². The lowest BCUT2D eigenvalue weighted by Crippen LogP contribution is -2.33. The summed E-state index contributed by atoms with van der Waals surface area (Å²) in [6.45, 7) is 3.70. The molecule has 1 fully saturated rings. The second-order valence-corrected chi connectivity index (χ2v) is 5.38. The second kappa shape index (κ2) is 5.38. The molecular formula is C12H22N2O3. The molecule has 98 valence electrons. The molecule has 0 spiro atoms. The summed E-state index contributed by atoms with van der Waals surface area (Å²) in [5.74, 6) is 0.641. The van der Waals surface area contributed by atoms with Gasteiger partial charge in [-0.05, 0) is 45.4 Å². The van der Waals surface area contributed by atoms with E-state index in [9.17, 15) is 9.59 Å².